The molecule has 0 saturated heterocycles. The van der Waals surface area contributed by atoms with Crippen LogP contribution >= 0.6 is 0 Å². The maximum Gasteiger partial charge on any atom is 0.333 e. The Bertz CT molecular complexity index is 811. The fourth-order valence-electron chi connectivity index (χ4n) is 3.93. The molecule has 0 N–H and O–H groups in total. The van der Waals surface area contributed by atoms with E-state index in [-0.39, 0.29) is 39.0 Å². The predicted molar refractivity (Wildman–Crippen MR) is 169 cm³/mol. The van der Waals surface area contributed by atoms with Crippen LogP contribution in [0.25, 0.3) is 0 Å². The van der Waals surface area contributed by atoms with Crippen molar-refractivity contribution in [2.24, 2.45) is 11.8 Å². The van der Waals surface area contributed by atoms with Gasteiger partial charge < -0.3 is 18.0 Å². The minimum absolute atomic E-state index is 0.0853. The van der Waals surface area contributed by atoms with E-state index >= 15 is 0 Å². The lowest BCUT2D eigenvalue weighted by Crippen LogP contribution is -2.48. The molecule has 0 saturated carbocycles. The maximum atomic E-state index is 13.0. The topological polar surface area (TPSA) is 54.0 Å². The van der Waals surface area contributed by atoms with Gasteiger partial charge in [0.05, 0.1) is 13.2 Å². The lowest BCUT2D eigenvalue weighted by molar-refractivity contribution is -0.136. The van der Waals surface area contributed by atoms with Gasteiger partial charge in [-0.2, -0.15) is 0 Å². The van der Waals surface area contributed by atoms with Crippen molar-refractivity contribution >= 4 is 30.9 Å². The van der Waals surface area contributed by atoms with Crippen LogP contribution in [0.1, 0.15) is 82.1 Å². The Labute approximate surface area is 239 Å². The number of carbonyl (C=O) groups is 1. The number of methoxy groups -OCH3 is 1. The first kappa shape index (κ1) is 35.8. The van der Waals surface area contributed by atoms with Crippen LogP contribution < -0.4 is 0 Å². The molecule has 1 unspecified atom stereocenters. The van der Waals surface area contributed by atoms with Gasteiger partial charge in [0.2, 0.25) is 0 Å². The third kappa shape index (κ3) is 8.87. The molecule has 1 rings (SSSR count). The molecular formula is C30H62O5Si3. The second-order valence-electron chi connectivity index (χ2n) is 16.1. The van der Waals surface area contributed by atoms with E-state index < -0.39 is 25.0 Å². The molecule has 1 aliphatic carbocycles. The predicted octanol–water partition coefficient (Wildman–Crippen LogP) is 8.94. The molecule has 8 heteroatoms. The van der Waals surface area contributed by atoms with Crippen molar-refractivity contribution in [3.63, 3.8) is 0 Å². The van der Waals surface area contributed by atoms with E-state index in [9.17, 15) is 4.79 Å². The average molecular weight is 587 g/mol. The molecule has 0 aromatic carbocycles. The Hall–Kier alpha value is -0.259. The first-order chi connectivity index (χ1) is 16.8. The molecule has 0 spiro atoms. The molecular weight excluding hydrogens is 525 g/mol. The standard InChI is InChI=1S/C30H62O5Si3/c1-22-25(27(31)32-11)18-23(19-26(22)35-38(16,17)30(8,9)10)24(20-33-36(12,13)28(2,3)4)21-34-37(14,15)29(5,6)7/h23-24,26H,18-21H2,1-17H3/t23-,26?/m0/s1. The van der Waals surface area contributed by atoms with Crippen LogP contribution in [0.15, 0.2) is 11.1 Å². The van der Waals surface area contributed by atoms with Crippen LogP contribution in [-0.4, -0.2) is 57.3 Å². The van der Waals surface area contributed by atoms with E-state index in [2.05, 4.69) is 109 Å². The SMILES string of the molecule is COC(=O)C1=C(C)C(O[Si](C)(C)C(C)(C)C)C[C@@H](C(CO[Si](C)(C)C(C)(C)C)CO[Si](C)(C)C(C)(C)C)C1. The van der Waals surface area contributed by atoms with Crippen molar-refractivity contribution in [3.05, 3.63) is 11.1 Å². The van der Waals surface area contributed by atoms with Crippen LogP contribution in [0.5, 0.6) is 0 Å². The lowest BCUT2D eigenvalue weighted by atomic mass is 9.76. The number of ether oxygens (including phenoxy) is 1. The smallest absolute Gasteiger partial charge is 0.333 e. The van der Waals surface area contributed by atoms with Crippen molar-refractivity contribution in [1.29, 1.82) is 0 Å². The van der Waals surface area contributed by atoms with Crippen molar-refractivity contribution in [2.45, 2.75) is 143 Å². The Kier molecular flexibility index (Phi) is 11.6. The molecule has 0 aliphatic heterocycles. The summed E-state index contributed by atoms with van der Waals surface area (Å²) in [4.78, 5) is 13.0. The molecule has 0 aromatic rings. The normalized spacial score (nSPS) is 20.8. The number of carbonyl (C=O) groups excluding carboxylic acids is 1. The van der Waals surface area contributed by atoms with Gasteiger partial charge in [-0.1, -0.05) is 62.3 Å². The van der Waals surface area contributed by atoms with Gasteiger partial charge in [0.15, 0.2) is 25.0 Å². The number of esters is 1. The van der Waals surface area contributed by atoms with Gasteiger partial charge >= 0.3 is 5.97 Å². The van der Waals surface area contributed by atoms with Gasteiger partial charge in [0.1, 0.15) is 0 Å². The number of rotatable bonds is 10. The highest BCUT2D eigenvalue weighted by molar-refractivity contribution is 6.75. The summed E-state index contributed by atoms with van der Waals surface area (Å²) in [7, 11) is -4.48. The van der Waals surface area contributed by atoms with Gasteiger partial charge in [0, 0.05) is 24.7 Å². The summed E-state index contributed by atoms with van der Waals surface area (Å²) in [6, 6.07) is 0. The van der Waals surface area contributed by atoms with Crippen molar-refractivity contribution in [3.8, 4) is 0 Å². The molecule has 0 fully saturated rings. The minimum Gasteiger partial charge on any atom is -0.466 e. The van der Waals surface area contributed by atoms with Crippen molar-refractivity contribution < 1.29 is 22.8 Å². The van der Waals surface area contributed by atoms with Gasteiger partial charge in [-0.05, 0) is 85.7 Å². The fourth-order valence-corrected chi connectivity index (χ4v) is 7.40. The maximum absolute atomic E-state index is 13.0. The first-order valence-corrected chi connectivity index (χ1v) is 23.2. The molecule has 2 atom stereocenters. The summed E-state index contributed by atoms with van der Waals surface area (Å²) in [6.07, 6.45) is 1.47. The van der Waals surface area contributed by atoms with Gasteiger partial charge in [-0.25, -0.2) is 4.79 Å². The third-order valence-electron chi connectivity index (χ3n) is 10.2. The highest BCUT2D eigenvalue weighted by Crippen LogP contribution is 2.44. The van der Waals surface area contributed by atoms with Crippen LogP contribution in [0.3, 0.4) is 0 Å². The summed E-state index contributed by atoms with van der Waals surface area (Å²) < 4.78 is 25.8. The molecule has 5 nitrogen and oxygen atoms in total. The Balaban J connectivity index is 3.44. The average Bonchev–Trinajstić information content (AvgIpc) is 2.72. The molecule has 0 amide bonds. The second kappa shape index (κ2) is 12.3. The summed E-state index contributed by atoms with van der Waals surface area (Å²) >= 11 is 0. The fraction of sp³-hybridized carbons (Fsp3) is 0.900. The molecule has 0 heterocycles. The van der Waals surface area contributed by atoms with Crippen LogP contribution in [0.4, 0.5) is 0 Å². The van der Waals surface area contributed by atoms with E-state index in [0.717, 1.165) is 17.6 Å². The van der Waals surface area contributed by atoms with E-state index in [1.807, 2.05) is 0 Å². The van der Waals surface area contributed by atoms with Crippen LogP contribution in [0, 0.1) is 11.8 Å². The monoisotopic (exact) mass is 586 g/mol. The van der Waals surface area contributed by atoms with E-state index in [4.69, 9.17) is 18.0 Å². The Morgan fingerprint density at radius 2 is 1.18 bits per heavy atom. The van der Waals surface area contributed by atoms with E-state index in [0.29, 0.717) is 19.6 Å². The zero-order valence-corrected chi connectivity index (χ0v) is 31.1. The Morgan fingerprint density at radius 3 is 1.53 bits per heavy atom. The first-order valence-electron chi connectivity index (χ1n) is 14.5. The highest BCUT2D eigenvalue weighted by atomic mass is 28.4. The molecule has 38 heavy (non-hydrogen) atoms. The summed E-state index contributed by atoms with van der Waals surface area (Å²) in [6.45, 7) is 37.7. The highest BCUT2D eigenvalue weighted by Gasteiger charge is 2.45. The van der Waals surface area contributed by atoms with E-state index in [1.54, 1.807) is 0 Å². The molecule has 0 aromatic heterocycles. The lowest BCUT2D eigenvalue weighted by Gasteiger charge is -2.45. The molecule has 0 radical (unpaired) electrons. The zero-order chi connectivity index (χ0) is 30.1. The molecule has 0 bridgehead atoms. The van der Waals surface area contributed by atoms with Crippen LogP contribution in [0.2, 0.25) is 54.4 Å². The minimum atomic E-state index is -2.05. The zero-order valence-electron chi connectivity index (χ0n) is 28.1. The van der Waals surface area contributed by atoms with Crippen LogP contribution in [-0.2, 0) is 22.8 Å². The summed E-state index contributed by atoms with van der Waals surface area (Å²) in [5.41, 5.74) is 1.81. The Morgan fingerprint density at radius 1 is 0.789 bits per heavy atom. The summed E-state index contributed by atoms with van der Waals surface area (Å²) in [5, 5.41) is 0.347. The molecule has 1 aliphatic rings. The quantitative estimate of drug-likeness (QED) is 0.189. The number of hydrogen-bond donors (Lipinski definition) is 0. The van der Waals surface area contributed by atoms with Gasteiger partial charge in [-0.15, -0.1) is 0 Å². The van der Waals surface area contributed by atoms with Crippen molar-refractivity contribution in [2.75, 3.05) is 20.3 Å². The van der Waals surface area contributed by atoms with Crippen molar-refractivity contribution in [1.82, 2.24) is 0 Å². The van der Waals surface area contributed by atoms with Gasteiger partial charge in [-0.3, -0.25) is 0 Å². The molecule has 224 valence electrons. The summed E-state index contributed by atoms with van der Waals surface area (Å²) in [5.74, 6) is 0.166. The van der Waals surface area contributed by atoms with E-state index in [1.165, 1.54) is 7.11 Å². The largest absolute Gasteiger partial charge is 0.466 e. The number of hydrogen-bond acceptors (Lipinski definition) is 5. The van der Waals surface area contributed by atoms with Gasteiger partial charge in [0.25, 0.3) is 0 Å². The third-order valence-corrected chi connectivity index (χ3v) is 23.7. The second-order valence-corrected chi connectivity index (χ2v) is 30.5.